The Kier molecular flexibility index (Phi) is 4.17. The van der Waals surface area contributed by atoms with E-state index >= 15 is 0 Å². The van der Waals surface area contributed by atoms with E-state index in [0.29, 0.717) is 12.0 Å². The second kappa shape index (κ2) is 5.68. The lowest BCUT2D eigenvalue weighted by molar-refractivity contribution is 0.592. The highest BCUT2D eigenvalue weighted by molar-refractivity contribution is 6.30. The Bertz CT molecular complexity index is 599. The molecule has 0 aliphatic heterocycles. The van der Waals surface area contributed by atoms with Crippen molar-refractivity contribution in [3.05, 3.63) is 63.7 Å². The van der Waals surface area contributed by atoms with E-state index in [2.05, 4.69) is 4.98 Å². The van der Waals surface area contributed by atoms with Crippen molar-refractivity contribution in [2.45, 2.75) is 26.3 Å². The van der Waals surface area contributed by atoms with Crippen LogP contribution in [0.5, 0.6) is 0 Å². The van der Waals surface area contributed by atoms with Crippen molar-refractivity contribution in [2.75, 3.05) is 0 Å². The summed E-state index contributed by atoms with van der Waals surface area (Å²) in [5, 5.41) is 0.128. The first-order valence-corrected chi connectivity index (χ1v) is 6.49. The summed E-state index contributed by atoms with van der Waals surface area (Å²) in [6.07, 6.45) is 0.401. The Labute approximate surface area is 117 Å². The van der Waals surface area contributed by atoms with E-state index in [1.807, 2.05) is 26.0 Å². The van der Waals surface area contributed by atoms with Gasteiger partial charge in [0.15, 0.2) is 0 Å². The van der Waals surface area contributed by atoms with Crippen LogP contribution in [-0.4, -0.2) is 4.98 Å². The summed E-state index contributed by atoms with van der Waals surface area (Å²) in [4.78, 5) is 4.38. The highest BCUT2D eigenvalue weighted by atomic mass is 35.5. The van der Waals surface area contributed by atoms with Crippen LogP contribution in [0.3, 0.4) is 0 Å². The van der Waals surface area contributed by atoms with E-state index in [4.69, 9.17) is 17.3 Å². The largest absolute Gasteiger partial charge is 0.324 e. The fourth-order valence-corrected chi connectivity index (χ4v) is 2.34. The zero-order valence-corrected chi connectivity index (χ0v) is 11.7. The summed E-state index contributed by atoms with van der Waals surface area (Å²) in [5.74, 6) is -0.391. The Morgan fingerprint density at radius 1 is 1.26 bits per heavy atom. The number of benzene rings is 1. The van der Waals surface area contributed by atoms with E-state index in [1.165, 1.54) is 6.07 Å². The maximum Gasteiger partial charge on any atom is 0.145 e. The first-order chi connectivity index (χ1) is 8.99. The van der Waals surface area contributed by atoms with Crippen LogP contribution in [0, 0.1) is 19.7 Å². The Morgan fingerprint density at radius 3 is 2.68 bits per heavy atom. The van der Waals surface area contributed by atoms with Gasteiger partial charge >= 0.3 is 0 Å². The van der Waals surface area contributed by atoms with Gasteiger partial charge < -0.3 is 5.73 Å². The predicted octanol–water partition coefficient (Wildman–Crippen LogP) is 3.73. The summed E-state index contributed by atoms with van der Waals surface area (Å²) >= 11 is 5.77. The van der Waals surface area contributed by atoms with Gasteiger partial charge in [0, 0.05) is 17.4 Å². The van der Waals surface area contributed by atoms with Gasteiger partial charge in [-0.25, -0.2) is 4.39 Å². The van der Waals surface area contributed by atoms with Crippen LogP contribution in [0.25, 0.3) is 0 Å². The number of hydrogen-bond donors (Lipinski definition) is 1. The van der Waals surface area contributed by atoms with Crippen molar-refractivity contribution < 1.29 is 4.39 Å². The number of hydrogen-bond acceptors (Lipinski definition) is 2. The van der Waals surface area contributed by atoms with Gasteiger partial charge in [-0.05, 0) is 43.5 Å². The van der Waals surface area contributed by atoms with E-state index in [0.717, 1.165) is 17.0 Å². The van der Waals surface area contributed by atoms with Crippen molar-refractivity contribution in [1.82, 2.24) is 4.98 Å². The maximum absolute atomic E-state index is 13.8. The molecule has 0 aliphatic carbocycles. The molecule has 0 fully saturated rings. The summed E-state index contributed by atoms with van der Waals surface area (Å²) < 4.78 is 13.8. The van der Waals surface area contributed by atoms with Crippen LogP contribution in [-0.2, 0) is 6.42 Å². The summed E-state index contributed by atoms with van der Waals surface area (Å²) in [5.41, 5.74) is 9.44. The van der Waals surface area contributed by atoms with E-state index in [-0.39, 0.29) is 11.1 Å². The summed E-state index contributed by atoms with van der Waals surface area (Å²) in [7, 11) is 0. The van der Waals surface area contributed by atoms with Gasteiger partial charge in [-0.15, -0.1) is 0 Å². The second-order valence-electron chi connectivity index (χ2n) is 4.65. The molecule has 1 heterocycles. The van der Waals surface area contributed by atoms with Crippen LogP contribution < -0.4 is 5.73 Å². The molecule has 1 atom stereocenters. The molecular weight excluding hydrogens is 263 g/mol. The molecule has 1 aromatic carbocycles. The minimum absolute atomic E-state index is 0.128. The first kappa shape index (κ1) is 14.0. The lowest BCUT2D eigenvalue weighted by Crippen LogP contribution is -2.16. The average molecular weight is 279 g/mol. The minimum Gasteiger partial charge on any atom is -0.324 e. The Hall–Kier alpha value is -1.45. The molecule has 0 amide bonds. The highest BCUT2D eigenvalue weighted by Crippen LogP contribution is 2.23. The molecular formula is C15H16ClFN2. The zero-order valence-electron chi connectivity index (χ0n) is 11.0. The van der Waals surface area contributed by atoms with E-state index in [9.17, 15) is 4.39 Å². The smallest absolute Gasteiger partial charge is 0.145 e. The number of aromatic nitrogens is 1. The molecule has 0 spiro atoms. The summed E-state index contributed by atoms with van der Waals surface area (Å²) in [6, 6.07) is 8.54. The van der Waals surface area contributed by atoms with Crippen molar-refractivity contribution in [2.24, 2.45) is 5.73 Å². The van der Waals surface area contributed by atoms with Gasteiger partial charge in [-0.3, -0.25) is 4.98 Å². The third kappa shape index (κ3) is 3.11. The predicted molar refractivity (Wildman–Crippen MR) is 75.8 cm³/mol. The van der Waals surface area contributed by atoms with E-state index < -0.39 is 5.82 Å². The van der Waals surface area contributed by atoms with Crippen molar-refractivity contribution in [3.8, 4) is 0 Å². The van der Waals surface area contributed by atoms with Gasteiger partial charge in [-0.2, -0.15) is 0 Å². The first-order valence-electron chi connectivity index (χ1n) is 6.11. The molecule has 19 heavy (non-hydrogen) atoms. The molecule has 0 saturated heterocycles. The van der Waals surface area contributed by atoms with Crippen molar-refractivity contribution >= 4 is 11.6 Å². The lowest BCUT2D eigenvalue weighted by atomic mass is 9.98. The number of aryl methyl sites for hydroxylation is 2. The normalized spacial score (nSPS) is 12.5. The number of nitrogens with two attached hydrogens (primary N) is 1. The van der Waals surface area contributed by atoms with Crippen LogP contribution in [0.2, 0.25) is 5.02 Å². The molecule has 2 rings (SSSR count). The summed E-state index contributed by atoms with van der Waals surface area (Å²) in [6.45, 7) is 3.84. The average Bonchev–Trinajstić information content (AvgIpc) is 2.34. The SMILES string of the molecule is Cc1ccc(C(N)Cc2cccc(Cl)c2F)c(C)n1. The molecule has 2 nitrogen and oxygen atoms in total. The monoisotopic (exact) mass is 278 g/mol. The molecule has 1 aromatic heterocycles. The Morgan fingerprint density at radius 2 is 2.00 bits per heavy atom. The minimum atomic E-state index is -0.391. The maximum atomic E-state index is 13.8. The molecule has 4 heteroatoms. The van der Waals surface area contributed by atoms with Gasteiger partial charge in [0.25, 0.3) is 0 Å². The second-order valence-corrected chi connectivity index (χ2v) is 5.06. The van der Waals surface area contributed by atoms with Gasteiger partial charge in [-0.1, -0.05) is 29.8 Å². The molecule has 2 N–H and O–H groups in total. The number of nitrogens with zero attached hydrogens (tertiary/aromatic N) is 1. The number of pyridine rings is 1. The van der Waals surface area contributed by atoms with Crippen LogP contribution >= 0.6 is 11.6 Å². The lowest BCUT2D eigenvalue weighted by Gasteiger charge is -2.15. The van der Waals surface area contributed by atoms with Gasteiger partial charge in [0.05, 0.1) is 5.02 Å². The topological polar surface area (TPSA) is 38.9 Å². The molecule has 0 bridgehead atoms. The zero-order chi connectivity index (χ0) is 14.0. The molecule has 0 radical (unpaired) electrons. The third-order valence-corrected chi connectivity index (χ3v) is 3.43. The van der Waals surface area contributed by atoms with Crippen molar-refractivity contribution in [1.29, 1.82) is 0 Å². The molecule has 0 aliphatic rings. The fourth-order valence-electron chi connectivity index (χ4n) is 2.14. The quantitative estimate of drug-likeness (QED) is 0.929. The number of halogens is 2. The van der Waals surface area contributed by atoms with Gasteiger partial charge in [0.2, 0.25) is 0 Å². The molecule has 100 valence electrons. The third-order valence-electron chi connectivity index (χ3n) is 3.14. The van der Waals surface area contributed by atoms with Crippen LogP contribution in [0.4, 0.5) is 4.39 Å². The van der Waals surface area contributed by atoms with Crippen LogP contribution in [0.1, 0.15) is 28.6 Å². The highest BCUT2D eigenvalue weighted by Gasteiger charge is 2.14. The Balaban J connectivity index is 2.25. The van der Waals surface area contributed by atoms with E-state index in [1.54, 1.807) is 12.1 Å². The van der Waals surface area contributed by atoms with Crippen molar-refractivity contribution in [3.63, 3.8) is 0 Å². The number of rotatable bonds is 3. The molecule has 1 unspecified atom stereocenters. The standard InChI is InChI=1S/C15H16ClFN2/c1-9-6-7-12(10(2)19-9)14(18)8-11-4-3-5-13(16)15(11)17/h3-7,14H,8,18H2,1-2H3. The van der Waals surface area contributed by atoms with Crippen LogP contribution in [0.15, 0.2) is 30.3 Å². The molecule has 0 saturated carbocycles. The molecule has 2 aromatic rings. The fraction of sp³-hybridized carbons (Fsp3) is 0.267. The van der Waals surface area contributed by atoms with Gasteiger partial charge in [0.1, 0.15) is 5.82 Å².